The van der Waals surface area contributed by atoms with Gasteiger partial charge in [0.05, 0.1) is 5.92 Å². The van der Waals surface area contributed by atoms with Crippen molar-refractivity contribution in [3.63, 3.8) is 0 Å². The Balaban J connectivity index is 1.47. The first kappa shape index (κ1) is 17.8. The van der Waals surface area contributed by atoms with E-state index < -0.39 is 18.1 Å². The summed E-state index contributed by atoms with van der Waals surface area (Å²) in [6.45, 7) is 0.892. The lowest BCUT2D eigenvalue weighted by molar-refractivity contribution is -0.183. The van der Waals surface area contributed by atoms with Crippen LogP contribution in [0.3, 0.4) is 0 Å². The van der Waals surface area contributed by atoms with E-state index in [-0.39, 0.29) is 13.0 Å². The van der Waals surface area contributed by atoms with Crippen molar-refractivity contribution in [2.24, 2.45) is 5.92 Å². The van der Waals surface area contributed by atoms with Crippen molar-refractivity contribution in [3.05, 3.63) is 30.1 Å². The number of nitrogens with one attached hydrogen (secondary N) is 1. The SMILES string of the molecule is O=C(Nc1cccc(-c2nnc3n2CCC3)c1)N1CCCC(C(F)(F)F)C1. The molecule has 1 aromatic heterocycles. The van der Waals surface area contributed by atoms with E-state index in [1.807, 2.05) is 6.07 Å². The molecule has 6 nitrogen and oxygen atoms in total. The molecule has 1 saturated heterocycles. The van der Waals surface area contributed by atoms with E-state index in [9.17, 15) is 18.0 Å². The van der Waals surface area contributed by atoms with Gasteiger partial charge in [-0.25, -0.2) is 4.79 Å². The van der Waals surface area contributed by atoms with Gasteiger partial charge in [0.2, 0.25) is 0 Å². The second-order valence-corrected chi connectivity index (χ2v) is 7.03. The van der Waals surface area contributed by atoms with Crippen LogP contribution in [0.1, 0.15) is 25.1 Å². The molecular weight excluding hydrogens is 359 g/mol. The molecule has 1 unspecified atom stereocenters. The summed E-state index contributed by atoms with van der Waals surface area (Å²) in [7, 11) is 0. The predicted octanol–water partition coefficient (Wildman–Crippen LogP) is 3.70. The Labute approximate surface area is 154 Å². The number of carbonyl (C=O) groups excluding carboxylic acids is 1. The Morgan fingerprint density at radius 1 is 1.19 bits per heavy atom. The minimum absolute atomic E-state index is 0.0702. The maximum Gasteiger partial charge on any atom is 0.393 e. The van der Waals surface area contributed by atoms with Crippen molar-refractivity contribution in [2.45, 2.75) is 38.4 Å². The molecule has 9 heteroatoms. The number of aryl methyl sites for hydroxylation is 1. The molecule has 3 heterocycles. The normalized spacial score (nSPS) is 19.8. The summed E-state index contributed by atoms with van der Waals surface area (Å²) in [5.41, 5.74) is 1.35. The molecule has 0 aliphatic carbocycles. The van der Waals surface area contributed by atoms with Crippen LogP contribution in [0.5, 0.6) is 0 Å². The first-order valence-corrected chi connectivity index (χ1v) is 9.07. The third-order valence-corrected chi connectivity index (χ3v) is 5.15. The minimum atomic E-state index is -4.27. The van der Waals surface area contributed by atoms with Gasteiger partial charge in [-0.3, -0.25) is 0 Å². The Morgan fingerprint density at radius 3 is 2.85 bits per heavy atom. The Hall–Kier alpha value is -2.58. The number of amides is 2. The number of benzene rings is 1. The maximum atomic E-state index is 13.0. The molecular formula is C18H20F3N5O. The number of urea groups is 1. The second kappa shape index (κ2) is 6.86. The fourth-order valence-electron chi connectivity index (χ4n) is 3.73. The fourth-order valence-corrected chi connectivity index (χ4v) is 3.73. The van der Waals surface area contributed by atoms with Gasteiger partial charge in [0.1, 0.15) is 5.82 Å². The monoisotopic (exact) mass is 379 g/mol. The van der Waals surface area contributed by atoms with Gasteiger partial charge in [-0.2, -0.15) is 13.2 Å². The Bertz CT molecular complexity index is 848. The number of halogens is 3. The number of nitrogens with zero attached hydrogens (tertiary/aromatic N) is 4. The average Bonchev–Trinajstić information content (AvgIpc) is 3.25. The van der Waals surface area contributed by atoms with E-state index in [1.54, 1.807) is 18.2 Å². The number of hydrogen-bond donors (Lipinski definition) is 1. The smallest absolute Gasteiger partial charge is 0.324 e. The largest absolute Gasteiger partial charge is 0.393 e. The fraction of sp³-hybridized carbons (Fsp3) is 0.500. The van der Waals surface area contributed by atoms with E-state index in [1.165, 1.54) is 4.90 Å². The number of alkyl halides is 3. The zero-order valence-electron chi connectivity index (χ0n) is 14.7. The molecule has 1 aromatic carbocycles. The third kappa shape index (κ3) is 3.63. The van der Waals surface area contributed by atoms with Gasteiger partial charge in [-0.1, -0.05) is 12.1 Å². The molecule has 1 fully saturated rings. The van der Waals surface area contributed by atoms with Crippen molar-refractivity contribution >= 4 is 11.7 Å². The first-order chi connectivity index (χ1) is 12.9. The summed E-state index contributed by atoms with van der Waals surface area (Å²) >= 11 is 0. The number of fused-ring (bicyclic) bond motifs is 1. The van der Waals surface area contributed by atoms with Crippen molar-refractivity contribution in [1.29, 1.82) is 0 Å². The third-order valence-electron chi connectivity index (χ3n) is 5.15. The van der Waals surface area contributed by atoms with Crippen molar-refractivity contribution < 1.29 is 18.0 Å². The Kier molecular flexibility index (Phi) is 4.53. The topological polar surface area (TPSA) is 63.1 Å². The number of aromatic nitrogens is 3. The van der Waals surface area contributed by atoms with Gasteiger partial charge >= 0.3 is 12.2 Å². The van der Waals surface area contributed by atoms with Gasteiger partial charge < -0.3 is 14.8 Å². The first-order valence-electron chi connectivity index (χ1n) is 9.07. The summed E-state index contributed by atoms with van der Waals surface area (Å²) in [5.74, 6) is 0.238. The van der Waals surface area contributed by atoms with Gasteiger partial charge in [-0.05, 0) is 31.4 Å². The second-order valence-electron chi connectivity index (χ2n) is 7.03. The molecule has 144 valence electrons. The number of anilines is 1. The molecule has 2 aliphatic rings. The van der Waals surface area contributed by atoms with Crippen LogP contribution in [0.15, 0.2) is 24.3 Å². The molecule has 1 atom stereocenters. The highest BCUT2D eigenvalue weighted by Gasteiger charge is 2.42. The maximum absolute atomic E-state index is 13.0. The zero-order valence-corrected chi connectivity index (χ0v) is 14.7. The number of hydrogen-bond acceptors (Lipinski definition) is 3. The van der Waals surface area contributed by atoms with Crippen molar-refractivity contribution in [3.8, 4) is 11.4 Å². The summed E-state index contributed by atoms with van der Waals surface area (Å²) in [6, 6.07) is 6.65. The quantitative estimate of drug-likeness (QED) is 0.866. The lowest BCUT2D eigenvalue weighted by atomic mass is 9.98. The summed E-state index contributed by atoms with van der Waals surface area (Å²) in [5, 5.41) is 11.1. The van der Waals surface area contributed by atoms with Crippen molar-refractivity contribution in [1.82, 2.24) is 19.7 Å². The van der Waals surface area contributed by atoms with E-state index in [0.717, 1.165) is 36.6 Å². The van der Waals surface area contributed by atoms with Crippen LogP contribution >= 0.6 is 0 Å². The van der Waals surface area contributed by atoms with Crippen LogP contribution in [0.2, 0.25) is 0 Å². The summed E-state index contributed by atoms with van der Waals surface area (Å²) in [4.78, 5) is 13.7. The lowest BCUT2D eigenvalue weighted by Gasteiger charge is -2.33. The molecule has 2 aromatic rings. The van der Waals surface area contributed by atoms with E-state index in [4.69, 9.17) is 0 Å². The number of carbonyl (C=O) groups is 1. The highest BCUT2D eigenvalue weighted by molar-refractivity contribution is 5.90. The highest BCUT2D eigenvalue weighted by Crippen LogP contribution is 2.33. The molecule has 1 N–H and O–H groups in total. The number of rotatable bonds is 2. The molecule has 2 aliphatic heterocycles. The predicted molar refractivity (Wildman–Crippen MR) is 93.1 cm³/mol. The number of likely N-dealkylation sites (tertiary alicyclic amines) is 1. The van der Waals surface area contributed by atoms with E-state index >= 15 is 0 Å². The van der Waals surface area contributed by atoms with Crippen LogP contribution < -0.4 is 5.32 Å². The van der Waals surface area contributed by atoms with E-state index in [2.05, 4.69) is 20.1 Å². The van der Waals surface area contributed by atoms with Crippen LogP contribution in [-0.2, 0) is 13.0 Å². The molecule has 0 radical (unpaired) electrons. The molecule has 4 rings (SSSR count). The number of piperidine rings is 1. The van der Waals surface area contributed by atoms with Crippen LogP contribution in [0.4, 0.5) is 23.7 Å². The molecule has 2 amide bonds. The van der Waals surface area contributed by atoms with E-state index in [0.29, 0.717) is 18.7 Å². The summed E-state index contributed by atoms with van der Waals surface area (Å²) < 4.78 is 40.9. The molecule has 0 spiro atoms. The van der Waals surface area contributed by atoms with Gasteiger partial charge in [0.15, 0.2) is 5.82 Å². The summed E-state index contributed by atoms with van der Waals surface area (Å²) in [6.07, 6.45) is -1.92. The van der Waals surface area contributed by atoms with Crippen LogP contribution in [-0.4, -0.2) is 45.0 Å². The molecule has 27 heavy (non-hydrogen) atoms. The minimum Gasteiger partial charge on any atom is -0.324 e. The zero-order chi connectivity index (χ0) is 19.0. The standard InChI is InChI=1S/C18H20F3N5O/c19-18(20,21)13-5-2-8-25(11-13)17(27)22-14-6-1-4-12(10-14)16-24-23-15-7-3-9-26(15)16/h1,4,6,10,13H,2-3,5,7-9,11H2,(H,22,27). The molecule has 0 saturated carbocycles. The Morgan fingerprint density at radius 2 is 2.04 bits per heavy atom. The highest BCUT2D eigenvalue weighted by atomic mass is 19.4. The van der Waals surface area contributed by atoms with Gasteiger partial charge in [0, 0.05) is 37.3 Å². The van der Waals surface area contributed by atoms with Gasteiger partial charge in [-0.15, -0.1) is 10.2 Å². The lowest BCUT2D eigenvalue weighted by Crippen LogP contribution is -2.46. The van der Waals surface area contributed by atoms with Crippen LogP contribution in [0, 0.1) is 5.92 Å². The van der Waals surface area contributed by atoms with Crippen molar-refractivity contribution in [2.75, 3.05) is 18.4 Å². The molecule has 0 bridgehead atoms. The average molecular weight is 379 g/mol. The van der Waals surface area contributed by atoms with Gasteiger partial charge in [0.25, 0.3) is 0 Å². The van der Waals surface area contributed by atoms with Crippen LogP contribution in [0.25, 0.3) is 11.4 Å².